The summed E-state index contributed by atoms with van der Waals surface area (Å²) in [7, 11) is -2.96. The monoisotopic (exact) mass is 499 g/mol. The first-order valence-corrected chi connectivity index (χ1v) is 14.8. The molecule has 2 aromatic carbocycles. The summed E-state index contributed by atoms with van der Waals surface area (Å²) in [5.74, 6) is 2.04. The topological polar surface area (TPSA) is 72.9 Å². The van der Waals surface area contributed by atoms with Crippen molar-refractivity contribution in [1.29, 1.82) is 0 Å². The van der Waals surface area contributed by atoms with Crippen molar-refractivity contribution in [3.8, 4) is 11.5 Å². The predicted octanol–water partition coefficient (Wildman–Crippen LogP) is 4.20. The molecule has 4 aliphatic rings. The van der Waals surface area contributed by atoms with E-state index in [1.54, 1.807) is 0 Å². The van der Waals surface area contributed by atoms with Crippen LogP contribution in [0.15, 0.2) is 41.3 Å². The fraction of sp³-hybridized carbons (Fsp3) is 0.500. The molecule has 1 saturated carbocycles. The van der Waals surface area contributed by atoms with Crippen LogP contribution < -0.4 is 9.47 Å². The molecule has 1 spiro atoms. The molecular formula is C26H29NO5S2. The van der Waals surface area contributed by atoms with Gasteiger partial charge in [-0.3, -0.25) is 4.79 Å². The molecule has 1 saturated heterocycles. The Morgan fingerprint density at radius 1 is 1.06 bits per heavy atom. The van der Waals surface area contributed by atoms with Crippen LogP contribution in [0.4, 0.5) is 0 Å². The van der Waals surface area contributed by atoms with Gasteiger partial charge in [0.25, 0.3) is 5.91 Å². The van der Waals surface area contributed by atoms with Crippen molar-refractivity contribution < 1.29 is 22.7 Å². The summed E-state index contributed by atoms with van der Waals surface area (Å²) in [5, 5.41) is 0.00544. The number of ether oxygens (including phenoxy) is 2. The molecule has 8 heteroatoms. The molecule has 1 amide bonds. The number of hydrogen-bond donors (Lipinski definition) is 0. The third kappa shape index (κ3) is 3.98. The zero-order valence-corrected chi connectivity index (χ0v) is 20.8. The smallest absolute Gasteiger partial charge is 0.255 e. The first-order valence-electron chi connectivity index (χ1n) is 12.1. The fourth-order valence-corrected chi connectivity index (χ4v) is 9.66. The van der Waals surface area contributed by atoms with E-state index in [-0.39, 0.29) is 28.1 Å². The van der Waals surface area contributed by atoms with Gasteiger partial charge in [0.2, 0.25) is 0 Å². The van der Waals surface area contributed by atoms with Gasteiger partial charge in [-0.2, -0.15) is 0 Å². The Hall–Kier alpha value is -2.19. The third-order valence-electron chi connectivity index (χ3n) is 7.64. The molecule has 3 aliphatic heterocycles. The van der Waals surface area contributed by atoms with Crippen molar-refractivity contribution in [2.75, 3.05) is 31.3 Å². The zero-order chi connectivity index (χ0) is 23.3. The number of nitrogens with zero attached hydrogens (tertiary/aromatic N) is 1. The van der Waals surface area contributed by atoms with Crippen LogP contribution in [0.1, 0.15) is 53.6 Å². The molecule has 1 aliphatic carbocycles. The lowest BCUT2D eigenvalue weighted by Gasteiger charge is -2.43. The Bertz CT molecular complexity index is 1240. The van der Waals surface area contributed by atoms with Gasteiger partial charge in [0, 0.05) is 28.6 Å². The molecule has 6 rings (SSSR count). The molecule has 1 atom stereocenters. The number of carbonyl (C=O) groups is 1. The first-order chi connectivity index (χ1) is 16.4. The molecule has 6 nitrogen and oxygen atoms in total. The number of amides is 1. The molecule has 0 N–H and O–H groups in total. The van der Waals surface area contributed by atoms with E-state index in [2.05, 4.69) is 12.1 Å². The second-order valence-electron chi connectivity index (χ2n) is 9.94. The van der Waals surface area contributed by atoms with E-state index >= 15 is 0 Å². The summed E-state index contributed by atoms with van der Waals surface area (Å²) in [4.78, 5) is 16.8. The summed E-state index contributed by atoms with van der Waals surface area (Å²) in [5.41, 5.74) is 3.10. The van der Waals surface area contributed by atoms with Gasteiger partial charge in [-0.1, -0.05) is 25.0 Å². The number of sulfone groups is 1. The molecule has 2 aromatic rings. The average Bonchev–Trinajstić information content (AvgIpc) is 3.44. The van der Waals surface area contributed by atoms with Gasteiger partial charge >= 0.3 is 0 Å². The summed E-state index contributed by atoms with van der Waals surface area (Å²) in [6.45, 7) is 2.36. The molecule has 0 radical (unpaired) electrons. The summed E-state index contributed by atoms with van der Waals surface area (Å²) >= 11 is 1.54. The van der Waals surface area contributed by atoms with Crippen molar-refractivity contribution in [3.63, 3.8) is 0 Å². The molecule has 180 valence electrons. The maximum absolute atomic E-state index is 13.9. The van der Waals surface area contributed by atoms with Crippen LogP contribution in [0.2, 0.25) is 0 Å². The van der Waals surface area contributed by atoms with E-state index < -0.39 is 9.84 Å². The standard InChI is InChI=1S/C26H29NO5S2/c28-25(20-5-1-2-6-24(20)33-19-7-12-34(29,30)16-19)27-15-18-13-22-23(32-11-10-31-22)14-21(18)26(17-27)8-3-4-9-26/h1-2,5-6,13-14,19H,3-4,7-12,15-17H2. The van der Waals surface area contributed by atoms with E-state index in [1.807, 2.05) is 29.2 Å². The highest BCUT2D eigenvalue weighted by molar-refractivity contribution is 8.02. The molecule has 34 heavy (non-hydrogen) atoms. The minimum absolute atomic E-state index is 0.00544. The number of thioether (sulfide) groups is 1. The van der Waals surface area contributed by atoms with Crippen molar-refractivity contribution in [2.45, 2.75) is 54.2 Å². The highest BCUT2D eigenvalue weighted by Gasteiger charge is 2.44. The van der Waals surface area contributed by atoms with E-state index in [0.29, 0.717) is 38.3 Å². The Labute approximate surface area is 204 Å². The normalized spacial score (nSPS) is 24.2. The lowest BCUT2D eigenvalue weighted by molar-refractivity contribution is 0.0665. The Morgan fingerprint density at radius 3 is 2.53 bits per heavy atom. The minimum Gasteiger partial charge on any atom is -0.486 e. The van der Waals surface area contributed by atoms with Gasteiger partial charge in [0.1, 0.15) is 13.2 Å². The van der Waals surface area contributed by atoms with Crippen molar-refractivity contribution in [1.82, 2.24) is 4.90 Å². The quantitative estimate of drug-likeness (QED) is 0.630. The highest BCUT2D eigenvalue weighted by atomic mass is 32.2. The second kappa shape index (κ2) is 8.48. The van der Waals surface area contributed by atoms with Crippen LogP contribution in [0.5, 0.6) is 11.5 Å². The van der Waals surface area contributed by atoms with Crippen molar-refractivity contribution in [2.24, 2.45) is 0 Å². The van der Waals surface area contributed by atoms with Crippen LogP contribution in [0.25, 0.3) is 0 Å². The van der Waals surface area contributed by atoms with Crippen LogP contribution in [0, 0.1) is 0 Å². The van der Waals surface area contributed by atoms with Gasteiger partial charge in [0.15, 0.2) is 21.3 Å². The Balaban J connectivity index is 1.32. The zero-order valence-electron chi connectivity index (χ0n) is 19.1. The van der Waals surface area contributed by atoms with Gasteiger partial charge < -0.3 is 14.4 Å². The highest BCUT2D eigenvalue weighted by Crippen LogP contribution is 2.49. The summed E-state index contributed by atoms with van der Waals surface area (Å²) < 4.78 is 35.6. The van der Waals surface area contributed by atoms with Gasteiger partial charge in [0.05, 0.1) is 17.1 Å². The van der Waals surface area contributed by atoms with Crippen molar-refractivity contribution >= 4 is 27.5 Å². The van der Waals surface area contributed by atoms with Crippen molar-refractivity contribution in [3.05, 3.63) is 53.1 Å². The van der Waals surface area contributed by atoms with E-state index in [0.717, 1.165) is 34.8 Å². The van der Waals surface area contributed by atoms with Crippen LogP contribution in [0.3, 0.4) is 0 Å². The second-order valence-corrected chi connectivity index (χ2v) is 13.5. The molecule has 0 aromatic heterocycles. The van der Waals surface area contributed by atoms with Crippen LogP contribution >= 0.6 is 11.8 Å². The number of carbonyl (C=O) groups excluding carboxylic acids is 1. The molecular weight excluding hydrogens is 470 g/mol. The average molecular weight is 500 g/mol. The number of benzene rings is 2. The van der Waals surface area contributed by atoms with Gasteiger partial charge in [-0.25, -0.2) is 8.42 Å². The third-order valence-corrected chi connectivity index (χ3v) is 11.0. The molecule has 2 fully saturated rings. The number of rotatable bonds is 3. The van der Waals surface area contributed by atoms with E-state index in [4.69, 9.17) is 9.47 Å². The van der Waals surface area contributed by atoms with E-state index in [9.17, 15) is 13.2 Å². The number of fused-ring (bicyclic) bond motifs is 3. The van der Waals surface area contributed by atoms with Crippen LogP contribution in [-0.2, 0) is 21.8 Å². The fourth-order valence-electron chi connectivity index (χ4n) is 6.04. The van der Waals surface area contributed by atoms with Crippen LogP contribution in [-0.4, -0.2) is 55.7 Å². The Kier molecular flexibility index (Phi) is 5.56. The molecule has 0 bridgehead atoms. The minimum atomic E-state index is -2.96. The molecule has 1 unspecified atom stereocenters. The lowest BCUT2D eigenvalue weighted by Crippen LogP contribution is -2.47. The maximum atomic E-state index is 13.9. The largest absolute Gasteiger partial charge is 0.486 e. The summed E-state index contributed by atoms with van der Waals surface area (Å²) in [6.07, 6.45) is 5.11. The van der Waals surface area contributed by atoms with Gasteiger partial charge in [-0.05, 0) is 54.7 Å². The predicted molar refractivity (Wildman–Crippen MR) is 132 cm³/mol. The Morgan fingerprint density at radius 2 is 1.79 bits per heavy atom. The maximum Gasteiger partial charge on any atom is 0.255 e. The van der Waals surface area contributed by atoms with Gasteiger partial charge in [-0.15, -0.1) is 11.8 Å². The summed E-state index contributed by atoms with van der Waals surface area (Å²) in [6, 6.07) is 11.9. The van der Waals surface area contributed by atoms with E-state index in [1.165, 1.54) is 30.2 Å². The lowest BCUT2D eigenvalue weighted by atomic mass is 9.73. The number of hydrogen-bond acceptors (Lipinski definition) is 6. The first kappa shape index (κ1) is 22.3. The molecule has 3 heterocycles. The SMILES string of the molecule is O=C(c1ccccc1SC1CCS(=O)(=O)C1)N1Cc2cc3c(cc2C2(CCCC2)C1)OCCO3.